The Hall–Kier alpha value is -3.62. The molecule has 0 fully saturated rings. The molecule has 0 unspecified atom stereocenters. The molecule has 2 aromatic carbocycles. The van der Waals surface area contributed by atoms with Gasteiger partial charge < -0.3 is 15.5 Å². The summed E-state index contributed by atoms with van der Waals surface area (Å²) < 4.78 is 56.3. The van der Waals surface area contributed by atoms with E-state index in [1.807, 2.05) is 12.1 Å². The van der Waals surface area contributed by atoms with Crippen LogP contribution in [0.5, 0.6) is 0 Å². The van der Waals surface area contributed by atoms with Crippen LogP contribution in [0.3, 0.4) is 0 Å². The Balaban J connectivity index is 1.66. The van der Waals surface area contributed by atoms with Gasteiger partial charge in [-0.05, 0) is 47.9 Å². The summed E-state index contributed by atoms with van der Waals surface area (Å²) >= 11 is 0. The zero-order valence-corrected chi connectivity index (χ0v) is 15.5. The number of hydrogen-bond donors (Lipinski definition) is 2. The maximum atomic E-state index is 13.2. The van der Waals surface area contributed by atoms with Crippen molar-refractivity contribution in [3.8, 4) is 0 Å². The van der Waals surface area contributed by atoms with Gasteiger partial charge in [-0.25, -0.2) is 9.37 Å². The van der Waals surface area contributed by atoms with Crippen LogP contribution < -0.4 is 11.1 Å². The van der Waals surface area contributed by atoms with E-state index in [0.717, 1.165) is 17.2 Å². The van der Waals surface area contributed by atoms with Gasteiger partial charge in [0.25, 0.3) is 0 Å². The van der Waals surface area contributed by atoms with Gasteiger partial charge in [0, 0.05) is 5.39 Å². The smallest absolute Gasteiger partial charge is 0.449 e. The Morgan fingerprint density at radius 2 is 1.73 bits per heavy atom. The molecular formula is C21H16F4N4O. The molecule has 3 N–H and O–H groups in total. The van der Waals surface area contributed by atoms with Gasteiger partial charge in [0.15, 0.2) is 0 Å². The minimum atomic E-state index is -4.55. The quantitative estimate of drug-likeness (QED) is 0.439. The van der Waals surface area contributed by atoms with Gasteiger partial charge in [0.05, 0.1) is 12.1 Å². The van der Waals surface area contributed by atoms with Crippen LogP contribution in [0.2, 0.25) is 0 Å². The lowest BCUT2D eigenvalue weighted by molar-refractivity contribution is -0.153. The molecule has 154 valence electrons. The van der Waals surface area contributed by atoms with Crippen LogP contribution in [0.4, 0.5) is 29.3 Å². The molecule has 2 aromatic heterocycles. The molecule has 0 atom stereocenters. The van der Waals surface area contributed by atoms with E-state index >= 15 is 0 Å². The number of aromatic nitrogens is 2. The molecule has 0 radical (unpaired) electrons. The molecule has 0 saturated heterocycles. The van der Waals surface area contributed by atoms with Gasteiger partial charge in [-0.15, -0.1) is 0 Å². The fourth-order valence-electron chi connectivity index (χ4n) is 3.17. The van der Waals surface area contributed by atoms with Crippen molar-refractivity contribution in [1.29, 1.82) is 0 Å². The average Bonchev–Trinajstić information content (AvgIpc) is 3.17. The molecule has 4 aromatic rings. The van der Waals surface area contributed by atoms with Gasteiger partial charge in [-0.2, -0.15) is 18.2 Å². The van der Waals surface area contributed by atoms with Crippen LogP contribution in [-0.4, -0.2) is 9.97 Å². The Kier molecular flexibility index (Phi) is 5.03. The van der Waals surface area contributed by atoms with Crippen molar-refractivity contribution >= 4 is 22.7 Å². The predicted octanol–water partition coefficient (Wildman–Crippen LogP) is 5.17. The van der Waals surface area contributed by atoms with E-state index in [0.29, 0.717) is 23.1 Å². The van der Waals surface area contributed by atoms with E-state index < -0.39 is 11.9 Å². The lowest BCUT2D eigenvalue weighted by Crippen LogP contribution is -2.07. The van der Waals surface area contributed by atoms with E-state index in [1.54, 1.807) is 18.2 Å². The van der Waals surface area contributed by atoms with E-state index in [4.69, 9.17) is 10.2 Å². The normalized spacial score (nSPS) is 11.7. The average molecular weight is 416 g/mol. The number of anilines is 2. The molecule has 0 amide bonds. The number of benzene rings is 2. The van der Waals surface area contributed by atoms with Crippen LogP contribution in [0, 0.1) is 5.82 Å². The fraction of sp³-hybridized carbons (Fsp3) is 0.143. The Morgan fingerprint density at radius 3 is 2.43 bits per heavy atom. The summed E-state index contributed by atoms with van der Waals surface area (Å²) in [6, 6.07) is 13.7. The highest BCUT2D eigenvalue weighted by Gasteiger charge is 2.34. The number of halogens is 4. The number of nitrogen functional groups attached to an aromatic ring is 1. The molecule has 0 saturated carbocycles. The van der Waals surface area contributed by atoms with Crippen molar-refractivity contribution in [2.75, 3.05) is 11.1 Å². The van der Waals surface area contributed by atoms with Crippen molar-refractivity contribution in [3.63, 3.8) is 0 Å². The standard InChI is InChI=1S/C21H16F4N4O/c22-14-6-4-12(5-7-14)10-13-2-1-3-16-18(13)19(29-20(26)28-16)27-11-15-8-9-17(30-15)21(23,24)25/h1-9H,10-11H2,(H3,26,27,28,29). The molecule has 2 heterocycles. The SMILES string of the molecule is Nc1nc(NCc2ccc(C(F)(F)F)o2)c2c(Cc3ccc(F)cc3)cccc2n1. The lowest BCUT2D eigenvalue weighted by atomic mass is 10.0. The van der Waals surface area contributed by atoms with Gasteiger partial charge in [-0.1, -0.05) is 24.3 Å². The second-order valence-electron chi connectivity index (χ2n) is 6.66. The summed E-state index contributed by atoms with van der Waals surface area (Å²) in [5.41, 5.74) is 8.12. The first-order valence-electron chi connectivity index (χ1n) is 8.99. The fourth-order valence-corrected chi connectivity index (χ4v) is 3.17. The molecule has 0 aliphatic carbocycles. The van der Waals surface area contributed by atoms with Crippen LogP contribution >= 0.6 is 0 Å². The zero-order chi connectivity index (χ0) is 21.3. The first kappa shape index (κ1) is 19.7. The molecule has 4 rings (SSSR count). The Bertz CT molecular complexity index is 1190. The third kappa shape index (κ3) is 4.19. The molecule has 5 nitrogen and oxygen atoms in total. The van der Waals surface area contributed by atoms with E-state index in [-0.39, 0.29) is 24.1 Å². The number of furan rings is 1. The van der Waals surface area contributed by atoms with Crippen LogP contribution in [0.15, 0.2) is 59.0 Å². The van der Waals surface area contributed by atoms with E-state index in [9.17, 15) is 17.6 Å². The number of nitrogens with two attached hydrogens (primary N) is 1. The molecule has 0 aliphatic rings. The third-order valence-electron chi connectivity index (χ3n) is 4.51. The number of nitrogens with one attached hydrogen (secondary N) is 1. The number of alkyl halides is 3. The number of fused-ring (bicyclic) bond motifs is 1. The topological polar surface area (TPSA) is 77.0 Å². The zero-order valence-electron chi connectivity index (χ0n) is 15.5. The van der Waals surface area contributed by atoms with Gasteiger partial charge >= 0.3 is 6.18 Å². The van der Waals surface area contributed by atoms with Gasteiger partial charge in [0.1, 0.15) is 17.4 Å². The maximum Gasteiger partial charge on any atom is 0.449 e. The Labute approximate surface area is 168 Å². The summed E-state index contributed by atoms with van der Waals surface area (Å²) in [4.78, 5) is 8.46. The molecule has 30 heavy (non-hydrogen) atoms. The number of rotatable bonds is 5. The molecule has 0 bridgehead atoms. The lowest BCUT2D eigenvalue weighted by Gasteiger charge is -2.13. The predicted molar refractivity (Wildman–Crippen MR) is 104 cm³/mol. The maximum absolute atomic E-state index is 13.2. The summed E-state index contributed by atoms with van der Waals surface area (Å²) in [6.45, 7) is -0.0213. The highest BCUT2D eigenvalue weighted by atomic mass is 19.4. The van der Waals surface area contributed by atoms with Gasteiger partial charge in [0.2, 0.25) is 11.7 Å². The first-order valence-corrected chi connectivity index (χ1v) is 8.99. The summed E-state index contributed by atoms with van der Waals surface area (Å²) in [6.07, 6.45) is -4.06. The summed E-state index contributed by atoms with van der Waals surface area (Å²) in [5.74, 6) is -0.890. The largest absolute Gasteiger partial charge is 0.455 e. The van der Waals surface area contributed by atoms with Crippen LogP contribution in [0.1, 0.15) is 22.6 Å². The Morgan fingerprint density at radius 1 is 0.967 bits per heavy atom. The number of hydrogen-bond acceptors (Lipinski definition) is 5. The summed E-state index contributed by atoms with van der Waals surface area (Å²) in [5, 5.41) is 3.67. The highest BCUT2D eigenvalue weighted by Crippen LogP contribution is 2.31. The van der Waals surface area contributed by atoms with Crippen LogP contribution in [-0.2, 0) is 19.1 Å². The second kappa shape index (κ2) is 7.66. The minimum Gasteiger partial charge on any atom is -0.455 e. The van der Waals surface area contributed by atoms with Crippen molar-refractivity contribution in [3.05, 3.63) is 83.1 Å². The molecule has 9 heteroatoms. The van der Waals surface area contributed by atoms with Crippen molar-refractivity contribution in [2.24, 2.45) is 0 Å². The second-order valence-corrected chi connectivity index (χ2v) is 6.66. The van der Waals surface area contributed by atoms with Crippen molar-refractivity contribution < 1.29 is 22.0 Å². The molecular weight excluding hydrogens is 400 g/mol. The first-order chi connectivity index (χ1) is 14.3. The van der Waals surface area contributed by atoms with Crippen LogP contribution in [0.25, 0.3) is 10.9 Å². The van der Waals surface area contributed by atoms with E-state index in [2.05, 4.69) is 15.3 Å². The number of nitrogens with zero attached hydrogens (tertiary/aromatic N) is 2. The highest BCUT2D eigenvalue weighted by molar-refractivity contribution is 5.93. The van der Waals surface area contributed by atoms with Gasteiger partial charge in [-0.3, -0.25) is 0 Å². The molecule has 0 aliphatic heterocycles. The van der Waals surface area contributed by atoms with E-state index in [1.165, 1.54) is 18.2 Å². The summed E-state index contributed by atoms with van der Waals surface area (Å²) in [7, 11) is 0. The van der Waals surface area contributed by atoms with Crippen molar-refractivity contribution in [1.82, 2.24) is 9.97 Å². The molecule has 0 spiro atoms. The van der Waals surface area contributed by atoms with Crippen molar-refractivity contribution in [2.45, 2.75) is 19.1 Å². The minimum absolute atomic E-state index is 0.0213. The third-order valence-corrected chi connectivity index (χ3v) is 4.51. The monoisotopic (exact) mass is 416 g/mol.